The average molecular weight is 525 g/mol. The van der Waals surface area contributed by atoms with Gasteiger partial charge >= 0.3 is 5.97 Å². The lowest BCUT2D eigenvalue weighted by Crippen LogP contribution is -2.53. The number of fused-ring (bicyclic) bond motifs is 1. The third kappa shape index (κ3) is 8.18. The molecular weight excluding hydrogens is 476 g/mol. The quantitative estimate of drug-likeness (QED) is 0.214. The van der Waals surface area contributed by atoms with Crippen LogP contribution in [0.1, 0.15) is 102 Å². The van der Waals surface area contributed by atoms with Gasteiger partial charge in [-0.15, -0.1) is 0 Å². The highest BCUT2D eigenvalue weighted by Crippen LogP contribution is 2.49. The summed E-state index contributed by atoms with van der Waals surface area (Å²) < 4.78 is 5.32. The first-order valence-electron chi connectivity index (χ1n) is 14.9. The second-order valence-electron chi connectivity index (χ2n) is 11.1. The molecule has 1 aliphatic carbocycles. The van der Waals surface area contributed by atoms with Crippen molar-refractivity contribution in [3.05, 3.63) is 47.7 Å². The Balaban J connectivity index is 1.62. The van der Waals surface area contributed by atoms with Gasteiger partial charge in [-0.25, -0.2) is 0 Å². The van der Waals surface area contributed by atoms with E-state index in [-0.39, 0.29) is 24.2 Å². The van der Waals surface area contributed by atoms with Crippen LogP contribution < -0.4 is 5.32 Å². The Bertz CT molecular complexity index is 929. The summed E-state index contributed by atoms with van der Waals surface area (Å²) in [6.07, 6.45) is 15.7. The van der Waals surface area contributed by atoms with E-state index in [2.05, 4.69) is 30.4 Å². The molecule has 6 nitrogen and oxygen atoms in total. The molecule has 1 aromatic rings. The molecule has 210 valence electrons. The molecule has 1 N–H and O–H groups in total. The number of carbonyl (C=O) groups is 3. The summed E-state index contributed by atoms with van der Waals surface area (Å²) in [5, 5.41) is 3.02. The van der Waals surface area contributed by atoms with Gasteiger partial charge in [0, 0.05) is 31.1 Å². The molecule has 38 heavy (non-hydrogen) atoms. The first-order chi connectivity index (χ1) is 18.5. The lowest BCUT2D eigenvalue weighted by Gasteiger charge is -2.46. The number of aryl methyl sites for hydroxylation is 1. The SMILES string of the molecule is CCCCCCCCN1C(=O)[C@H](CC(=O)NCCCCc2ccccc2)C[C@@]2(C(=O)OC)CCCCC=C12. The van der Waals surface area contributed by atoms with Crippen molar-refractivity contribution in [2.24, 2.45) is 11.3 Å². The van der Waals surface area contributed by atoms with E-state index < -0.39 is 11.3 Å². The molecular formula is C32H48N2O4. The first-order valence-corrected chi connectivity index (χ1v) is 14.9. The zero-order chi connectivity index (χ0) is 27.2. The minimum absolute atomic E-state index is 0.00883. The molecule has 1 saturated heterocycles. The number of nitrogens with zero attached hydrogens (tertiary/aromatic N) is 1. The molecule has 2 amide bonds. The summed E-state index contributed by atoms with van der Waals surface area (Å²) in [7, 11) is 1.44. The lowest BCUT2D eigenvalue weighted by atomic mass is 9.69. The van der Waals surface area contributed by atoms with Gasteiger partial charge in [0.25, 0.3) is 0 Å². The Morgan fingerprint density at radius 2 is 1.79 bits per heavy atom. The van der Waals surface area contributed by atoms with Crippen molar-refractivity contribution in [1.29, 1.82) is 0 Å². The monoisotopic (exact) mass is 524 g/mol. The van der Waals surface area contributed by atoms with Crippen LogP contribution in [0.3, 0.4) is 0 Å². The van der Waals surface area contributed by atoms with Crippen LogP contribution in [0, 0.1) is 11.3 Å². The van der Waals surface area contributed by atoms with Gasteiger partial charge in [-0.1, -0.05) is 81.9 Å². The lowest BCUT2D eigenvalue weighted by molar-refractivity contribution is -0.159. The summed E-state index contributed by atoms with van der Waals surface area (Å²) in [5.74, 6) is -0.889. The number of amides is 2. The number of methoxy groups -OCH3 is 1. The van der Waals surface area contributed by atoms with Crippen molar-refractivity contribution < 1.29 is 19.1 Å². The van der Waals surface area contributed by atoms with Crippen molar-refractivity contribution in [2.45, 2.75) is 103 Å². The van der Waals surface area contributed by atoms with E-state index >= 15 is 0 Å². The molecule has 0 radical (unpaired) electrons. The van der Waals surface area contributed by atoms with Gasteiger partial charge in [0.1, 0.15) is 5.41 Å². The van der Waals surface area contributed by atoms with Gasteiger partial charge in [0.2, 0.25) is 11.8 Å². The largest absolute Gasteiger partial charge is 0.468 e. The Morgan fingerprint density at radius 3 is 2.55 bits per heavy atom. The predicted molar refractivity (Wildman–Crippen MR) is 151 cm³/mol. The van der Waals surface area contributed by atoms with E-state index in [9.17, 15) is 14.4 Å². The first kappa shape index (κ1) is 29.9. The van der Waals surface area contributed by atoms with E-state index in [0.717, 1.165) is 63.5 Å². The van der Waals surface area contributed by atoms with E-state index in [1.54, 1.807) is 0 Å². The molecule has 2 aliphatic rings. The van der Waals surface area contributed by atoms with Crippen LogP contribution in [-0.4, -0.2) is 42.9 Å². The number of benzene rings is 1. The van der Waals surface area contributed by atoms with E-state index in [4.69, 9.17) is 4.74 Å². The van der Waals surface area contributed by atoms with Gasteiger partial charge in [-0.05, 0) is 56.9 Å². The molecule has 0 unspecified atom stereocenters. The molecule has 1 aromatic carbocycles. The second-order valence-corrected chi connectivity index (χ2v) is 11.1. The third-order valence-corrected chi connectivity index (χ3v) is 8.19. The maximum absolute atomic E-state index is 13.7. The Morgan fingerprint density at radius 1 is 1.03 bits per heavy atom. The summed E-state index contributed by atoms with van der Waals surface area (Å²) in [4.78, 5) is 41.8. The van der Waals surface area contributed by atoms with Crippen LogP contribution in [0.4, 0.5) is 0 Å². The fourth-order valence-electron chi connectivity index (χ4n) is 6.10. The third-order valence-electron chi connectivity index (χ3n) is 8.19. The molecule has 2 atom stereocenters. The number of likely N-dealkylation sites (tertiary alicyclic amines) is 1. The minimum Gasteiger partial charge on any atom is -0.468 e. The summed E-state index contributed by atoms with van der Waals surface area (Å²) >= 11 is 0. The normalized spacial score (nSPS) is 21.3. The molecule has 1 heterocycles. The molecule has 0 saturated carbocycles. The van der Waals surface area contributed by atoms with Crippen molar-refractivity contribution in [2.75, 3.05) is 20.2 Å². The molecule has 1 fully saturated rings. The predicted octanol–water partition coefficient (Wildman–Crippen LogP) is 6.34. The number of ether oxygens (including phenoxy) is 1. The zero-order valence-electron chi connectivity index (χ0n) is 23.6. The van der Waals surface area contributed by atoms with Crippen molar-refractivity contribution in [3.63, 3.8) is 0 Å². The van der Waals surface area contributed by atoms with E-state index in [1.807, 2.05) is 23.1 Å². The van der Waals surface area contributed by atoms with E-state index in [0.29, 0.717) is 25.9 Å². The van der Waals surface area contributed by atoms with Crippen LogP contribution >= 0.6 is 0 Å². The molecule has 6 heteroatoms. The second kappa shape index (κ2) is 15.7. The summed E-state index contributed by atoms with van der Waals surface area (Å²) in [5.41, 5.74) is 1.30. The number of hydrogen-bond acceptors (Lipinski definition) is 4. The van der Waals surface area contributed by atoms with Crippen LogP contribution in [0.5, 0.6) is 0 Å². The molecule has 1 aliphatic heterocycles. The maximum Gasteiger partial charge on any atom is 0.317 e. The van der Waals surface area contributed by atoms with Crippen LogP contribution in [0.15, 0.2) is 42.1 Å². The Kier molecular flexibility index (Phi) is 12.4. The zero-order valence-corrected chi connectivity index (χ0v) is 23.6. The van der Waals surface area contributed by atoms with Crippen molar-refractivity contribution in [1.82, 2.24) is 10.2 Å². The topological polar surface area (TPSA) is 75.7 Å². The van der Waals surface area contributed by atoms with Crippen molar-refractivity contribution >= 4 is 17.8 Å². The minimum atomic E-state index is -0.831. The van der Waals surface area contributed by atoms with Gasteiger partial charge in [0.05, 0.1) is 7.11 Å². The molecule has 0 spiro atoms. The van der Waals surface area contributed by atoms with Crippen LogP contribution in [0.25, 0.3) is 0 Å². The number of unbranched alkanes of at least 4 members (excludes halogenated alkanes) is 6. The summed E-state index contributed by atoms with van der Waals surface area (Å²) in [6.45, 7) is 3.41. The molecule has 3 rings (SSSR count). The Labute approximate surface area is 229 Å². The Hall–Kier alpha value is -2.63. The number of rotatable bonds is 15. The number of nitrogens with one attached hydrogen (secondary N) is 1. The number of carbonyl (C=O) groups excluding carboxylic acids is 3. The number of hydrogen-bond donors (Lipinski definition) is 1. The summed E-state index contributed by atoms with van der Waals surface area (Å²) in [6, 6.07) is 10.4. The van der Waals surface area contributed by atoms with Gasteiger partial charge in [-0.3, -0.25) is 14.4 Å². The van der Waals surface area contributed by atoms with Gasteiger partial charge in [-0.2, -0.15) is 0 Å². The number of allylic oxidation sites excluding steroid dienone is 1. The number of esters is 1. The van der Waals surface area contributed by atoms with E-state index in [1.165, 1.54) is 31.9 Å². The van der Waals surface area contributed by atoms with Gasteiger partial charge < -0.3 is 15.0 Å². The highest BCUT2D eigenvalue weighted by Gasteiger charge is 2.53. The molecule has 0 aromatic heterocycles. The highest BCUT2D eigenvalue weighted by atomic mass is 16.5. The maximum atomic E-state index is 13.7. The molecule has 0 bridgehead atoms. The highest BCUT2D eigenvalue weighted by molar-refractivity contribution is 5.92. The smallest absolute Gasteiger partial charge is 0.317 e. The standard InChI is InChI=1S/C32H48N2O4/c1-3-4-5-6-7-16-23-34-28-20-12-9-14-21-32(28,31(37)38-2)25-27(30(34)36)24-29(35)33-22-15-13-19-26-17-10-8-11-18-26/h8,10-11,17-18,20,27H,3-7,9,12-16,19,21-25H2,1-2H3,(H,33,35)/t27-,32+/m1/s1. The average Bonchev–Trinajstić information content (AvgIpc) is 3.15. The van der Waals surface area contributed by atoms with Crippen molar-refractivity contribution in [3.8, 4) is 0 Å². The number of piperidine rings is 1. The van der Waals surface area contributed by atoms with Gasteiger partial charge in [0.15, 0.2) is 0 Å². The van der Waals surface area contributed by atoms with Crippen LogP contribution in [0.2, 0.25) is 0 Å². The fourth-order valence-corrected chi connectivity index (χ4v) is 6.10. The fraction of sp³-hybridized carbons (Fsp3) is 0.656. The van der Waals surface area contributed by atoms with Crippen LogP contribution in [-0.2, 0) is 25.5 Å².